The number of amides is 3. The highest BCUT2D eigenvalue weighted by molar-refractivity contribution is 5.96. The number of likely N-dealkylation sites (N-methyl/N-ethyl adjacent to an activating group) is 1. The summed E-state index contributed by atoms with van der Waals surface area (Å²) >= 11 is 0. The molecule has 2 aromatic rings. The van der Waals surface area contributed by atoms with E-state index in [1.807, 2.05) is 57.2 Å². The number of ether oxygens (including phenoxy) is 1. The van der Waals surface area contributed by atoms with E-state index >= 15 is 0 Å². The zero-order valence-electron chi connectivity index (χ0n) is 18.0. The molecule has 8 nitrogen and oxygen atoms in total. The predicted octanol–water partition coefficient (Wildman–Crippen LogP) is 1.76. The number of rotatable bonds is 7. The Bertz CT molecular complexity index is 976. The molecule has 0 saturated heterocycles. The summed E-state index contributed by atoms with van der Waals surface area (Å²) in [6, 6.07) is 12.9. The minimum absolute atomic E-state index is 0.00698. The average Bonchev–Trinajstić information content (AvgIpc) is 2.75. The molecule has 8 heteroatoms. The van der Waals surface area contributed by atoms with Crippen LogP contribution in [0.1, 0.15) is 18.1 Å². The zero-order valence-corrected chi connectivity index (χ0v) is 18.0. The highest BCUT2D eigenvalue weighted by atomic mass is 16.5. The summed E-state index contributed by atoms with van der Waals surface area (Å²) in [5.74, 6) is -0.298. The van der Waals surface area contributed by atoms with Crippen molar-refractivity contribution in [3.8, 4) is 5.75 Å². The van der Waals surface area contributed by atoms with E-state index in [2.05, 4.69) is 16.0 Å². The SMILES string of the molecule is CCNC(=O)[C@@H]1CN(CC(=O)NCC(=O)Nc2cccc(C)c2C)c2ccccc2O1. The van der Waals surface area contributed by atoms with E-state index < -0.39 is 6.10 Å². The van der Waals surface area contributed by atoms with Gasteiger partial charge < -0.3 is 25.6 Å². The number of hydrogen-bond acceptors (Lipinski definition) is 5. The van der Waals surface area contributed by atoms with Crippen LogP contribution in [0.15, 0.2) is 42.5 Å². The first-order valence-corrected chi connectivity index (χ1v) is 10.3. The first-order chi connectivity index (χ1) is 14.9. The lowest BCUT2D eigenvalue weighted by Gasteiger charge is -2.35. The first-order valence-electron chi connectivity index (χ1n) is 10.3. The Kier molecular flexibility index (Phi) is 7.12. The second kappa shape index (κ2) is 9.97. The third-order valence-electron chi connectivity index (χ3n) is 5.16. The molecule has 0 spiro atoms. The van der Waals surface area contributed by atoms with Gasteiger partial charge in [-0.3, -0.25) is 14.4 Å². The van der Waals surface area contributed by atoms with Gasteiger partial charge >= 0.3 is 0 Å². The predicted molar refractivity (Wildman–Crippen MR) is 119 cm³/mol. The standard InChI is InChI=1S/C23H28N4O4/c1-4-24-23(30)20-13-27(18-10-5-6-11-19(18)31-20)14-22(29)25-12-21(28)26-17-9-7-8-15(2)16(17)3/h5-11,20H,4,12-14H2,1-3H3,(H,24,30)(H,25,29)(H,26,28)/t20-/m0/s1. The molecule has 31 heavy (non-hydrogen) atoms. The molecule has 0 fully saturated rings. The quantitative estimate of drug-likeness (QED) is 0.629. The molecule has 0 saturated carbocycles. The van der Waals surface area contributed by atoms with Gasteiger partial charge in [0, 0.05) is 12.2 Å². The van der Waals surface area contributed by atoms with Crippen molar-refractivity contribution in [1.82, 2.24) is 10.6 Å². The number of nitrogens with zero attached hydrogens (tertiary/aromatic N) is 1. The number of carbonyl (C=O) groups excluding carboxylic acids is 3. The maximum absolute atomic E-state index is 12.5. The van der Waals surface area contributed by atoms with Crippen molar-refractivity contribution in [2.45, 2.75) is 26.9 Å². The van der Waals surface area contributed by atoms with Gasteiger partial charge in [-0.2, -0.15) is 0 Å². The van der Waals surface area contributed by atoms with Gasteiger partial charge in [0.05, 0.1) is 25.3 Å². The van der Waals surface area contributed by atoms with Crippen molar-refractivity contribution in [1.29, 1.82) is 0 Å². The van der Waals surface area contributed by atoms with E-state index in [9.17, 15) is 14.4 Å². The fraction of sp³-hybridized carbons (Fsp3) is 0.348. The molecular weight excluding hydrogens is 396 g/mol. The third-order valence-corrected chi connectivity index (χ3v) is 5.16. The maximum atomic E-state index is 12.5. The minimum atomic E-state index is -0.713. The lowest BCUT2D eigenvalue weighted by Crippen LogP contribution is -2.51. The molecule has 0 aromatic heterocycles. The van der Waals surface area contributed by atoms with Crippen LogP contribution in [0.5, 0.6) is 5.75 Å². The average molecular weight is 425 g/mol. The number of carbonyl (C=O) groups is 3. The smallest absolute Gasteiger partial charge is 0.262 e. The van der Waals surface area contributed by atoms with Crippen LogP contribution in [0.4, 0.5) is 11.4 Å². The van der Waals surface area contributed by atoms with Crippen LogP contribution in [0.3, 0.4) is 0 Å². The first kappa shape index (κ1) is 22.1. The summed E-state index contributed by atoms with van der Waals surface area (Å²) in [7, 11) is 0. The zero-order chi connectivity index (χ0) is 22.4. The molecular formula is C23H28N4O4. The lowest BCUT2D eigenvalue weighted by atomic mass is 10.1. The van der Waals surface area contributed by atoms with E-state index in [0.717, 1.165) is 22.5 Å². The molecule has 0 radical (unpaired) electrons. The van der Waals surface area contributed by atoms with Gasteiger partial charge in [-0.25, -0.2) is 0 Å². The van der Waals surface area contributed by atoms with Gasteiger partial charge in [0.2, 0.25) is 11.8 Å². The summed E-state index contributed by atoms with van der Waals surface area (Å²) in [6.45, 7) is 6.35. The Morgan fingerprint density at radius 2 is 1.81 bits per heavy atom. The number of para-hydroxylation sites is 2. The highest BCUT2D eigenvalue weighted by Gasteiger charge is 2.31. The molecule has 1 heterocycles. The third kappa shape index (κ3) is 5.53. The van der Waals surface area contributed by atoms with Crippen LogP contribution in [-0.4, -0.2) is 50.0 Å². The molecule has 0 bridgehead atoms. The Hall–Kier alpha value is -3.55. The summed E-state index contributed by atoms with van der Waals surface area (Å²) in [5.41, 5.74) is 3.53. The number of fused-ring (bicyclic) bond motifs is 1. The van der Waals surface area contributed by atoms with E-state index in [1.54, 1.807) is 11.0 Å². The van der Waals surface area contributed by atoms with Gasteiger partial charge in [-0.15, -0.1) is 0 Å². The van der Waals surface area contributed by atoms with Crippen molar-refractivity contribution < 1.29 is 19.1 Å². The minimum Gasteiger partial charge on any atom is -0.477 e. The number of nitrogens with one attached hydrogen (secondary N) is 3. The molecule has 2 aromatic carbocycles. The Labute approximate surface area is 182 Å². The second-order valence-electron chi connectivity index (χ2n) is 7.42. The largest absolute Gasteiger partial charge is 0.477 e. The lowest BCUT2D eigenvalue weighted by molar-refractivity contribution is -0.128. The van der Waals surface area contributed by atoms with Crippen LogP contribution in [-0.2, 0) is 14.4 Å². The second-order valence-corrected chi connectivity index (χ2v) is 7.42. The topological polar surface area (TPSA) is 99.8 Å². The van der Waals surface area contributed by atoms with Crippen LogP contribution >= 0.6 is 0 Å². The fourth-order valence-electron chi connectivity index (χ4n) is 3.37. The molecule has 0 aliphatic carbocycles. The number of hydrogen-bond donors (Lipinski definition) is 3. The molecule has 3 N–H and O–H groups in total. The summed E-state index contributed by atoms with van der Waals surface area (Å²) in [4.78, 5) is 38.9. The number of aryl methyl sites for hydroxylation is 1. The van der Waals surface area contributed by atoms with E-state index in [4.69, 9.17) is 4.74 Å². The maximum Gasteiger partial charge on any atom is 0.262 e. The molecule has 0 unspecified atom stereocenters. The number of anilines is 2. The van der Waals surface area contributed by atoms with Gasteiger partial charge in [-0.1, -0.05) is 24.3 Å². The van der Waals surface area contributed by atoms with Crippen molar-refractivity contribution in [2.24, 2.45) is 0 Å². The molecule has 164 valence electrons. The molecule has 3 amide bonds. The summed E-state index contributed by atoms with van der Waals surface area (Å²) in [5, 5.41) is 8.22. The Morgan fingerprint density at radius 3 is 2.58 bits per heavy atom. The van der Waals surface area contributed by atoms with E-state index in [-0.39, 0.29) is 37.4 Å². The van der Waals surface area contributed by atoms with Crippen molar-refractivity contribution in [2.75, 3.05) is 36.4 Å². The highest BCUT2D eigenvalue weighted by Crippen LogP contribution is 2.32. The Balaban J connectivity index is 1.59. The van der Waals surface area contributed by atoms with Crippen LogP contribution in [0, 0.1) is 13.8 Å². The van der Waals surface area contributed by atoms with Gasteiger partial charge in [0.25, 0.3) is 5.91 Å². The van der Waals surface area contributed by atoms with Gasteiger partial charge in [-0.05, 0) is 50.1 Å². The monoisotopic (exact) mass is 424 g/mol. The van der Waals surface area contributed by atoms with Crippen molar-refractivity contribution in [3.63, 3.8) is 0 Å². The molecule has 1 aliphatic heterocycles. The van der Waals surface area contributed by atoms with Crippen LogP contribution in [0.25, 0.3) is 0 Å². The van der Waals surface area contributed by atoms with Crippen LogP contribution in [0.2, 0.25) is 0 Å². The number of benzene rings is 2. The van der Waals surface area contributed by atoms with Crippen molar-refractivity contribution >= 4 is 29.1 Å². The van der Waals surface area contributed by atoms with Crippen molar-refractivity contribution in [3.05, 3.63) is 53.6 Å². The van der Waals surface area contributed by atoms with Gasteiger partial charge in [0.15, 0.2) is 6.10 Å². The molecule has 1 aliphatic rings. The molecule has 3 rings (SSSR count). The normalized spacial score (nSPS) is 14.8. The van der Waals surface area contributed by atoms with Gasteiger partial charge in [0.1, 0.15) is 5.75 Å². The summed E-state index contributed by atoms with van der Waals surface area (Å²) in [6.07, 6.45) is -0.713. The van der Waals surface area contributed by atoms with Crippen LogP contribution < -0.4 is 25.6 Å². The summed E-state index contributed by atoms with van der Waals surface area (Å²) < 4.78 is 5.79. The Morgan fingerprint density at radius 1 is 1.03 bits per heavy atom. The van der Waals surface area contributed by atoms with E-state index in [0.29, 0.717) is 12.3 Å². The molecule has 1 atom stereocenters. The fourth-order valence-corrected chi connectivity index (χ4v) is 3.37. The van der Waals surface area contributed by atoms with E-state index in [1.165, 1.54) is 0 Å².